The molecular formula is C25H25ClN4O3. The molecule has 1 heterocycles. The number of para-hydroxylation sites is 2. The van der Waals surface area contributed by atoms with Gasteiger partial charge in [-0.05, 0) is 42.0 Å². The summed E-state index contributed by atoms with van der Waals surface area (Å²) in [5, 5.41) is 13.5. The molecule has 1 aliphatic heterocycles. The fraction of sp³-hybridized carbons (Fsp3) is 0.200. The van der Waals surface area contributed by atoms with Gasteiger partial charge in [0.2, 0.25) is 0 Å². The second kappa shape index (κ2) is 9.94. The van der Waals surface area contributed by atoms with Crippen molar-refractivity contribution in [3.8, 4) is 0 Å². The Morgan fingerprint density at radius 3 is 2.48 bits per heavy atom. The zero-order valence-corrected chi connectivity index (χ0v) is 19.1. The number of benzene rings is 3. The fourth-order valence-corrected chi connectivity index (χ4v) is 3.91. The molecule has 0 saturated carbocycles. The van der Waals surface area contributed by atoms with Crippen molar-refractivity contribution >= 4 is 40.5 Å². The molecule has 0 amide bonds. The summed E-state index contributed by atoms with van der Waals surface area (Å²) in [5.41, 5.74) is 6.29. The number of rotatable bonds is 7. The first kappa shape index (κ1) is 22.6. The van der Waals surface area contributed by atoms with Crippen LogP contribution in [0.2, 0.25) is 5.02 Å². The van der Waals surface area contributed by atoms with Gasteiger partial charge in [0.05, 0.1) is 27.9 Å². The van der Waals surface area contributed by atoms with Gasteiger partial charge in [-0.3, -0.25) is 10.3 Å². The van der Waals surface area contributed by atoms with Crippen molar-refractivity contribution in [2.24, 2.45) is 10.9 Å². The predicted molar refractivity (Wildman–Crippen MR) is 132 cm³/mol. The van der Waals surface area contributed by atoms with Gasteiger partial charge < -0.3 is 15.3 Å². The number of nitrogens with zero attached hydrogens (tertiary/aromatic N) is 2. The number of nitrogens with one attached hydrogen (secondary N) is 2. The Morgan fingerprint density at radius 1 is 1.09 bits per heavy atom. The van der Waals surface area contributed by atoms with Gasteiger partial charge in [-0.15, -0.1) is 0 Å². The summed E-state index contributed by atoms with van der Waals surface area (Å²) in [6, 6.07) is 22.3. The maximum atomic E-state index is 11.6. The van der Waals surface area contributed by atoms with Gasteiger partial charge in [-0.2, -0.15) is 0 Å². The normalized spacial score (nSPS) is 18.7. The molecule has 3 N–H and O–H groups in total. The summed E-state index contributed by atoms with van der Waals surface area (Å²) in [7, 11) is 3.98. The third-order valence-corrected chi connectivity index (χ3v) is 5.84. The highest BCUT2D eigenvalue weighted by Gasteiger charge is 2.36. The van der Waals surface area contributed by atoms with Gasteiger partial charge in [0, 0.05) is 26.3 Å². The molecule has 0 aliphatic carbocycles. The zero-order valence-electron chi connectivity index (χ0n) is 18.3. The lowest BCUT2D eigenvalue weighted by Crippen LogP contribution is -2.27. The Balaban J connectivity index is 1.67. The van der Waals surface area contributed by atoms with Gasteiger partial charge in [0.1, 0.15) is 11.9 Å². The lowest BCUT2D eigenvalue weighted by Gasteiger charge is -2.20. The highest BCUT2D eigenvalue weighted by molar-refractivity contribution is 6.33. The van der Waals surface area contributed by atoms with Gasteiger partial charge >= 0.3 is 5.97 Å². The number of hydroxylamine groups is 1. The minimum absolute atomic E-state index is 0.128. The van der Waals surface area contributed by atoms with Crippen molar-refractivity contribution in [3.05, 3.63) is 88.9 Å². The molecule has 4 rings (SSSR count). The third kappa shape index (κ3) is 5.10. The largest absolute Gasteiger partial charge is 0.478 e. The molecule has 170 valence electrons. The van der Waals surface area contributed by atoms with Crippen LogP contribution in [0.4, 0.5) is 17.1 Å². The fourth-order valence-electron chi connectivity index (χ4n) is 3.70. The van der Waals surface area contributed by atoms with E-state index in [-0.39, 0.29) is 17.6 Å². The van der Waals surface area contributed by atoms with Crippen molar-refractivity contribution < 1.29 is 14.7 Å². The highest BCUT2D eigenvalue weighted by Crippen LogP contribution is 2.34. The van der Waals surface area contributed by atoms with E-state index in [1.165, 1.54) is 6.07 Å². The Morgan fingerprint density at radius 2 is 1.79 bits per heavy atom. The van der Waals surface area contributed by atoms with E-state index in [0.29, 0.717) is 23.1 Å². The van der Waals surface area contributed by atoms with E-state index >= 15 is 0 Å². The SMILES string of the molecule is CN(C)c1ccc(C2ONC(=Nc3ccccc3C(=O)O)C2CNc2ccccc2Cl)cc1. The van der Waals surface area contributed by atoms with Gasteiger partial charge in [0.15, 0.2) is 0 Å². The van der Waals surface area contributed by atoms with Crippen LogP contribution in [0.15, 0.2) is 77.8 Å². The van der Waals surface area contributed by atoms with Gasteiger partial charge in [-0.25, -0.2) is 9.79 Å². The van der Waals surface area contributed by atoms with E-state index in [1.807, 2.05) is 67.5 Å². The van der Waals surface area contributed by atoms with E-state index < -0.39 is 5.97 Å². The minimum Gasteiger partial charge on any atom is -0.478 e. The van der Waals surface area contributed by atoms with Crippen LogP contribution in [0, 0.1) is 5.92 Å². The predicted octanol–water partition coefficient (Wildman–Crippen LogP) is 5.14. The molecule has 0 aromatic heterocycles. The smallest absolute Gasteiger partial charge is 0.337 e. The average molecular weight is 465 g/mol. The van der Waals surface area contributed by atoms with E-state index in [2.05, 4.69) is 15.8 Å². The lowest BCUT2D eigenvalue weighted by atomic mass is 9.95. The van der Waals surface area contributed by atoms with Crippen molar-refractivity contribution in [1.29, 1.82) is 0 Å². The number of aromatic carboxylic acids is 1. The number of aliphatic imine (C=N–C) groups is 1. The Kier molecular flexibility index (Phi) is 6.82. The number of halogens is 1. The first-order valence-corrected chi connectivity index (χ1v) is 10.9. The Hall–Kier alpha value is -3.55. The van der Waals surface area contributed by atoms with Crippen LogP contribution in [-0.4, -0.2) is 37.6 Å². The van der Waals surface area contributed by atoms with Crippen molar-refractivity contribution in [2.75, 3.05) is 30.9 Å². The molecule has 3 aromatic carbocycles. The summed E-state index contributed by atoms with van der Waals surface area (Å²) in [6.07, 6.45) is -0.327. The number of amidine groups is 1. The molecule has 0 spiro atoms. The molecule has 0 radical (unpaired) electrons. The molecule has 2 unspecified atom stereocenters. The van der Waals surface area contributed by atoms with Gasteiger partial charge in [0.25, 0.3) is 0 Å². The monoisotopic (exact) mass is 464 g/mol. The summed E-state index contributed by atoms with van der Waals surface area (Å²) >= 11 is 6.32. The molecule has 33 heavy (non-hydrogen) atoms. The first-order valence-electron chi connectivity index (χ1n) is 10.5. The summed E-state index contributed by atoms with van der Waals surface area (Å²) in [4.78, 5) is 24.3. The van der Waals surface area contributed by atoms with Crippen LogP contribution < -0.4 is 15.7 Å². The molecule has 1 aliphatic rings. The van der Waals surface area contributed by atoms with Crippen LogP contribution in [-0.2, 0) is 4.84 Å². The molecule has 7 nitrogen and oxygen atoms in total. The summed E-state index contributed by atoms with van der Waals surface area (Å²) in [6.45, 7) is 0.477. The minimum atomic E-state index is -1.03. The average Bonchev–Trinajstić information content (AvgIpc) is 3.21. The maximum absolute atomic E-state index is 11.6. The second-order valence-corrected chi connectivity index (χ2v) is 8.32. The Bertz CT molecular complexity index is 1160. The van der Waals surface area contributed by atoms with Crippen molar-refractivity contribution in [2.45, 2.75) is 6.10 Å². The van der Waals surface area contributed by atoms with Crippen LogP contribution in [0.1, 0.15) is 22.0 Å². The molecule has 0 bridgehead atoms. The number of carbonyl (C=O) groups is 1. The standard InChI is InChI=1S/C25H25ClN4O3/c1-30(2)17-13-11-16(12-14-17)23-19(15-27-22-10-6-4-8-20(22)26)24(29-33-23)28-21-9-5-3-7-18(21)25(31)32/h3-14,19,23,27H,15H2,1-2H3,(H,28,29)(H,31,32). The molecular weight excluding hydrogens is 440 g/mol. The van der Waals surface area contributed by atoms with Crippen molar-refractivity contribution in [1.82, 2.24) is 5.48 Å². The number of carboxylic acid groups (broad SMARTS) is 1. The molecule has 2 atom stereocenters. The van der Waals surface area contributed by atoms with E-state index in [0.717, 1.165) is 16.9 Å². The Labute approximate surface area is 197 Å². The number of anilines is 2. The number of carboxylic acids is 1. The van der Waals surface area contributed by atoms with Crippen LogP contribution >= 0.6 is 11.6 Å². The van der Waals surface area contributed by atoms with E-state index in [4.69, 9.17) is 16.4 Å². The van der Waals surface area contributed by atoms with Crippen LogP contribution in [0.5, 0.6) is 0 Å². The molecule has 1 saturated heterocycles. The summed E-state index contributed by atoms with van der Waals surface area (Å²) in [5.74, 6) is -0.700. The second-order valence-electron chi connectivity index (χ2n) is 7.91. The molecule has 8 heteroatoms. The zero-order chi connectivity index (χ0) is 23.4. The summed E-state index contributed by atoms with van der Waals surface area (Å²) < 4.78 is 0. The lowest BCUT2D eigenvalue weighted by molar-refractivity contribution is 0.0296. The van der Waals surface area contributed by atoms with Crippen molar-refractivity contribution in [3.63, 3.8) is 0 Å². The van der Waals surface area contributed by atoms with E-state index in [9.17, 15) is 9.90 Å². The topological polar surface area (TPSA) is 86.2 Å². The first-order chi connectivity index (χ1) is 15.9. The van der Waals surface area contributed by atoms with Gasteiger partial charge in [-0.1, -0.05) is 48.0 Å². The highest BCUT2D eigenvalue weighted by atomic mass is 35.5. The number of hydrogen-bond acceptors (Lipinski definition) is 5. The molecule has 1 fully saturated rings. The van der Waals surface area contributed by atoms with E-state index in [1.54, 1.807) is 18.2 Å². The molecule has 3 aromatic rings. The third-order valence-electron chi connectivity index (χ3n) is 5.51. The quantitative estimate of drug-likeness (QED) is 0.449. The maximum Gasteiger partial charge on any atom is 0.337 e. The number of hydrogen-bond donors (Lipinski definition) is 3. The van der Waals surface area contributed by atoms with Crippen LogP contribution in [0.3, 0.4) is 0 Å². The van der Waals surface area contributed by atoms with Crippen LogP contribution in [0.25, 0.3) is 0 Å².